The molecule has 0 saturated heterocycles. The predicted octanol–water partition coefficient (Wildman–Crippen LogP) is 4.76. The van der Waals surface area contributed by atoms with E-state index in [1.807, 2.05) is 55.5 Å². The number of para-hydroxylation sites is 1. The third-order valence-corrected chi connectivity index (χ3v) is 4.77. The van der Waals surface area contributed by atoms with Crippen LogP contribution in [0.5, 0.6) is 0 Å². The maximum absolute atomic E-state index is 12.3. The lowest BCUT2D eigenvalue weighted by molar-refractivity contribution is 0.0954. The van der Waals surface area contributed by atoms with E-state index in [4.69, 9.17) is 0 Å². The number of nitrogens with one attached hydrogen (secondary N) is 1. The van der Waals surface area contributed by atoms with Crippen LogP contribution in [0.3, 0.4) is 0 Å². The standard InChI is InChI=1S/C24H21N3O/c1-18-9-5-6-12-21(18)24(28)26-25-15-20-17-27(16-19-10-3-2-4-11-19)23-14-8-7-13-22(20)23/h2-15,17H,16H2,1H3,(H,26,28)/b25-15+. The average Bonchev–Trinajstić information content (AvgIpc) is 3.07. The number of rotatable bonds is 5. The van der Waals surface area contributed by atoms with Crippen LogP contribution >= 0.6 is 0 Å². The summed E-state index contributed by atoms with van der Waals surface area (Å²) in [4.78, 5) is 12.3. The van der Waals surface area contributed by atoms with Gasteiger partial charge in [-0.1, -0.05) is 66.7 Å². The first kappa shape index (κ1) is 17.7. The molecule has 28 heavy (non-hydrogen) atoms. The fourth-order valence-corrected chi connectivity index (χ4v) is 3.34. The zero-order valence-corrected chi connectivity index (χ0v) is 15.7. The van der Waals surface area contributed by atoms with Gasteiger partial charge in [-0.3, -0.25) is 4.79 Å². The molecule has 0 fully saturated rings. The average molecular weight is 367 g/mol. The first-order valence-corrected chi connectivity index (χ1v) is 9.23. The Morgan fingerprint density at radius 3 is 2.50 bits per heavy atom. The molecule has 0 radical (unpaired) electrons. The molecule has 1 heterocycles. The molecule has 1 N–H and O–H groups in total. The van der Waals surface area contributed by atoms with Crippen molar-refractivity contribution in [1.82, 2.24) is 9.99 Å². The summed E-state index contributed by atoms with van der Waals surface area (Å²) in [6, 6.07) is 26.0. The molecule has 4 aromatic rings. The minimum Gasteiger partial charge on any atom is -0.342 e. The molecule has 0 unspecified atom stereocenters. The van der Waals surface area contributed by atoms with Gasteiger partial charge in [0, 0.05) is 34.8 Å². The number of nitrogens with zero attached hydrogens (tertiary/aromatic N) is 2. The van der Waals surface area contributed by atoms with Crippen molar-refractivity contribution >= 4 is 23.0 Å². The van der Waals surface area contributed by atoms with Crippen LogP contribution in [-0.4, -0.2) is 16.7 Å². The molecular formula is C24H21N3O. The van der Waals surface area contributed by atoms with Gasteiger partial charge in [0.15, 0.2) is 0 Å². The highest BCUT2D eigenvalue weighted by Crippen LogP contribution is 2.21. The fraction of sp³-hybridized carbons (Fsp3) is 0.0833. The van der Waals surface area contributed by atoms with E-state index in [2.05, 4.69) is 45.6 Å². The molecule has 0 atom stereocenters. The minimum absolute atomic E-state index is 0.206. The van der Waals surface area contributed by atoms with Crippen molar-refractivity contribution in [3.8, 4) is 0 Å². The molecular weight excluding hydrogens is 346 g/mol. The van der Waals surface area contributed by atoms with Gasteiger partial charge in [0.2, 0.25) is 0 Å². The second kappa shape index (κ2) is 7.92. The van der Waals surface area contributed by atoms with Gasteiger partial charge in [-0.05, 0) is 30.2 Å². The zero-order valence-electron chi connectivity index (χ0n) is 15.7. The van der Waals surface area contributed by atoms with Gasteiger partial charge >= 0.3 is 0 Å². The van der Waals surface area contributed by atoms with Gasteiger partial charge in [0.1, 0.15) is 0 Å². The third-order valence-electron chi connectivity index (χ3n) is 4.77. The summed E-state index contributed by atoms with van der Waals surface area (Å²) >= 11 is 0. The van der Waals surface area contributed by atoms with Crippen molar-refractivity contribution < 1.29 is 4.79 Å². The summed E-state index contributed by atoms with van der Waals surface area (Å²) in [7, 11) is 0. The van der Waals surface area contributed by atoms with Gasteiger partial charge in [0.05, 0.1) is 6.21 Å². The predicted molar refractivity (Wildman–Crippen MR) is 114 cm³/mol. The Labute approximate surface area is 164 Å². The summed E-state index contributed by atoms with van der Waals surface area (Å²) in [6.07, 6.45) is 3.78. The second-order valence-corrected chi connectivity index (χ2v) is 6.73. The van der Waals surface area contributed by atoms with Gasteiger partial charge in [-0.25, -0.2) is 5.43 Å². The van der Waals surface area contributed by atoms with Gasteiger partial charge in [-0.15, -0.1) is 0 Å². The molecule has 0 bridgehead atoms. The monoisotopic (exact) mass is 367 g/mol. The van der Waals surface area contributed by atoms with E-state index in [9.17, 15) is 4.79 Å². The number of hydrazone groups is 1. The van der Waals surface area contributed by atoms with E-state index in [1.54, 1.807) is 12.3 Å². The highest BCUT2D eigenvalue weighted by Gasteiger charge is 2.09. The smallest absolute Gasteiger partial charge is 0.271 e. The summed E-state index contributed by atoms with van der Waals surface area (Å²) in [5.74, 6) is -0.206. The van der Waals surface area contributed by atoms with Crippen LogP contribution in [0.25, 0.3) is 10.9 Å². The molecule has 1 aromatic heterocycles. The van der Waals surface area contributed by atoms with Gasteiger partial charge < -0.3 is 4.57 Å². The normalized spacial score (nSPS) is 11.2. The van der Waals surface area contributed by atoms with Crippen LogP contribution in [0.1, 0.15) is 27.0 Å². The van der Waals surface area contributed by atoms with Crippen LogP contribution in [0.2, 0.25) is 0 Å². The fourth-order valence-electron chi connectivity index (χ4n) is 3.34. The first-order valence-electron chi connectivity index (χ1n) is 9.23. The number of hydrogen-bond donors (Lipinski definition) is 1. The summed E-state index contributed by atoms with van der Waals surface area (Å²) in [5.41, 5.74) is 7.53. The van der Waals surface area contributed by atoms with E-state index in [1.165, 1.54) is 5.56 Å². The van der Waals surface area contributed by atoms with E-state index in [0.717, 1.165) is 28.6 Å². The van der Waals surface area contributed by atoms with E-state index >= 15 is 0 Å². The molecule has 4 rings (SSSR count). The van der Waals surface area contributed by atoms with Crippen molar-refractivity contribution in [3.63, 3.8) is 0 Å². The van der Waals surface area contributed by atoms with Crippen molar-refractivity contribution in [2.75, 3.05) is 0 Å². The second-order valence-electron chi connectivity index (χ2n) is 6.73. The van der Waals surface area contributed by atoms with Gasteiger partial charge in [0.25, 0.3) is 5.91 Å². The Hall–Kier alpha value is -3.66. The number of hydrogen-bond acceptors (Lipinski definition) is 2. The molecule has 3 aromatic carbocycles. The lowest BCUT2D eigenvalue weighted by Crippen LogP contribution is -2.18. The highest BCUT2D eigenvalue weighted by molar-refractivity contribution is 6.00. The summed E-state index contributed by atoms with van der Waals surface area (Å²) in [6.45, 7) is 2.70. The van der Waals surface area contributed by atoms with E-state index in [0.29, 0.717) is 5.56 Å². The molecule has 0 aliphatic heterocycles. The lowest BCUT2D eigenvalue weighted by atomic mass is 10.1. The molecule has 0 spiro atoms. The Balaban J connectivity index is 1.58. The first-order chi connectivity index (χ1) is 13.7. The maximum Gasteiger partial charge on any atom is 0.271 e. The summed E-state index contributed by atoms with van der Waals surface area (Å²) < 4.78 is 2.20. The highest BCUT2D eigenvalue weighted by atomic mass is 16.2. The lowest BCUT2D eigenvalue weighted by Gasteiger charge is -2.05. The number of amides is 1. The van der Waals surface area contributed by atoms with Crippen LogP contribution in [0.4, 0.5) is 0 Å². The third kappa shape index (κ3) is 3.71. The summed E-state index contributed by atoms with van der Waals surface area (Å²) in [5, 5.41) is 5.30. The maximum atomic E-state index is 12.3. The SMILES string of the molecule is Cc1ccccc1C(=O)N/N=C/c1cn(Cc2ccccc2)c2ccccc12. The van der Waals surface area contributed by atoms with Crippen LogP contribution in [0.15, 0.2) is 90.2 Å². The molecule has 138 valence electrons. The number of aromatic nitrogens is 1. The Morgan fingerprint density at radius 2 is 1.68 bits per heavy atom. The van der Waals surface area contributed by atoms with Crippen molar-refractivity contribution in [2.45, 2.75) is 13.5 Å². The van der Waals surface area contributed by atoms with Crippen molar-refractivity contribution in [3.05, 3.63) is 107 Å². The Morgan fingerprint density at radius 1 is 0.964 bits per heavy atom. The minimum atomic E-state index is -0.206. The number of carbonyl (C=O) groups excluding carboxylic acids is 1. The number of benzene rings is 3. The Kier molecular flexibility index (Phi) is 5.02. The largest absolute Gasteiger partial charge is 0.342 e. The molecule has 0 aliphatic carbocycles. The quantitative estimate of drug-likeness (QED) is 0.401. The van der Waals surface area contributed by atoms with Crippen LogP contribution < -0.4 is 5.43 Å². The molecule has 4 heteroatoms. The zero-order chi connectivity index (χ0) is 19.3. The van der Waals surface area contributed by atoms with Crippen LogP contribution in [-0.2, 0) is 6.54 Å². The molecule has 1 amide bonds. The number of carbonyl (C=O) groups is 1. The topological polar surface area (TPSA) is 46.4 Å². The molecule has 0 aliphatic rings. The van der Waals surface area contributed by atoms with Crippen LogP contribution in [0, 0.1) is 6.92 Å². The van der Waals surface area contributed by atoms with Crippen molar-refractivity contribution in [1.29, 1.82) is 0 Å². The van der Waals surface area contributed by atoms with Crippen molar-refractivity contribution in [2.24, 2.45) is 5.10 Å². The number of fused-ring (bicyclic) bond motifs is 1. The molecule has 4 nitrogen and oxygen atoms in total. The van der Waals surface area contributed by atoms with E-state index in [-0.39, 0.29) is 5.91 Å². The number of aryl methyl sites for hydroxylation is 1. The molecule has 0 saturated carbocycles. The van der Waals surface area contributed by atoms with Gasteiger partial charge in [-0.2, -0.15) is 5.10 Å². The Bertz CT molecular complexity index is 1140. The van der Waals surface area contributed by atoms with E-state index < -0.39 is 0 Å².